The summed E-state index contributed by atoms with van der Waals surface area (Å²) in [5.74, 6) is 2.11. The van der Waals surface area contributed by atoms with Crippen LogP contribution in [0.25, 0.3) is 0 Å². The number of hydrogen-bond donors (Lipinski definition) is 1. The van der Waals surface area contributed by atoms with Crippen molar-refractivity contribution in [1.82, 2.24) is 5.32 Å². The summed E-state index contributed by atoms with van der Waals surface area (Å²) in [7, 11) is 0. The van der Waals surface area contributed by atoms with E-state index < -0.39 is 0 Å². The van der Waals surface area contributed by atoms with Gasteiger partial charge in [-0.05, 0) is 68.8 Å². The van der Waals surface area contributed by atoms with Crippen molar-refractivity contribution in [2.24, 2.45) is 5.92 Å². The summed E-state index contributed by atoms with van der Waals surface area (Å²) in [4.78, 5) is 1.43. The van der Waals surface area contributed by atoms with Crippen LogP contribution in [0.15, 0.2) is 23.1 Å². The first-order chi connectivity index (χ1) is 10.2. The Hall–Kier alpha value is -0.470. The molecule has 21 heavy (non-hydrogen) atoms. The predicted octanol–water partition coefficient (Wildman–Crippen LogP) is 5.34. The van der Waals surface area contributed by atoms with E-state index in [2.05, 4.69) is 44.3 Å². The summed E-state index contributed by atoms with van der Waals surface area (Å²) in [5.41, 5.74) is 2.81. The Morgan fingerprint density at radius 3 is 2.57 bits per heavy atom. The van der Waals surface area contributed by atoms with E-state index >= 15 is 0 Å². The highest BCUT2D eigenvalue weighted by Gasteiger charge is 2.23. The minimum atomic E-state index is 0.692. The second-order valence-corrected chi connectivity index (χ2v) is 7.61. The van der Waals surface area contributed by atoms with Gasteiger partial charge < -0.3 is 5.32 Å². The van der Waals surface area contributed by atoms with Crippen LogP contribution in [0.2, 0.25) is 0 Å². The first-order valence-electron chi connectivity index (χ1n) is 8.64. The van der Waals surface area contributed by atoms with Crippen LogP contribution in [0.4, 0.5) is 0 Å². The van der Waals surface area contributed by atoms with Gasteiger partial charge in [0, 0.05) is 16.7 Å². The molecule has 1 saturated carbocycles. The zero-order valence-electron chi connectivity index (χ0n) is 14.0. The zero-order valence-corrected chi connectivity index (χ0v) is 14.8. The lowest BCUT2D eigenvalue weighted by molar-refractivity contribution is 0.285. The Morgan fingerprint density at radius 2 is 1.90 bits per heavy atom. The zero-order chi connectivity index (χ0) is 15.1. The lowest BCUT2D eigenvalue weighted by Gasteiger charge is -2.31. The molecule has 1 atom stereocenters. The molecule has 0 bridgehead atoms. The third-order valence-electron chi connectivity index (χ3n) is 4.78. The van der Waals surface area contributed by atoms with Gasteiger partial charge in [-0.25, -0.2) is 0 Å². The van der Waals surface area contributed by atoms with Crippen LogP contribution in [-0.4, -0.2) is 18.3 Å². The summed E-state index contributed by atoms with van der Waals surface area (Å²) in [6.07, 6.45) is 8.40. The molecule has 0 aromatic heterocycles. The van der Waals surface area contributed by atoms with E-state index in [-0.39, 0.29) is 0 Å². The molecule has 0 saturated heterocycles. The minimum absolute atomic E-state index is 0.692. The van der Waals surface area contributed by atoms with Crippen LogP contribution in [0.1, 0.15) is 56.6 Å². The standard InChI is InChI=1S/C19H31NS/c1-4-12-20-19(17-8-6-5-7-9-17)14-21-18-11-10-15(2)16(3)13-18/h10-11,13,17,19-20H,4-9,12,14H2,1-3H3. The highest BCUT2D eigenvalue weighted by atomic mass is 32.2. The lowest BCUT2D eigenvalue weighted by atomic mass is 9.84. The van der Waals surface area contributed by atoms with Gasteiger partial charge in [0.25, 0.3) is 0 Å². The maximum absolute atomic E-state index is 3.81. The van der Waals surface area contributed by atoms with Crippen LogP contribution in [-0.2, 0) is 0 Å². The number of benzene rings is 1. The Bertz CT molecular complexity index is 424. The summed E-state index contributed by atoms with van der Waals surface area (Å²) in [6.45, 7) is 7.83. The Morgan fingerprint density at radius 1 is 1.14 bits per heavy atom. The minimum Gasteiger partial charge on any atom is -0.313 e. The SMILES string of the molecule is CCCNC(CSc1ccc(C)c(C)c1)C1CCCCC1. The highest BCUT2D eigenvalue weighted by Crippen LogP contribution is 2.30. The van der Waals surface area contributed by atoms with Crippen molar-refractivity contribution in [3.8, 4) is 0 Å². The number of aryl methyl sites for hydroxylation is 2. The molecule has 1 aromatic carbocycles. The van der Waals surface area contributed by atoms with Gasteiger partial charge in [0.2, 0.25) is 0 Å². The average Bonchev–Trinajstić information content (AvgIpc) is 2.51. The first kappa shape index (κ1) is 16.9. The van der Waals surface area contributed by atoms with Gasteiger partial charge in [-0.2, -0.15) is 0 Å². The Kier molecular flexibility index (Phi) is 7.12. The van der Waals surface area contributed by atoms with E-state index in [1.165, 1.54) is 60.3 Å². The molecule has 1 aliphatic carbocycles. The normalized spacial score (nSPS) is 17.9. The number of thioether (sulfide) groups is 1. The molecule has 0 heterocycles. The van der Waals surface area contributed by atoms with Gasteiger partial charge in [0.05, 0.1) is 0 Å². The van der Waals surface area contributed by atoms with Crippen LogP contribution in [0.5, 0.6) is 0 Å². The average molecular weight is 306 g/mol. The lowest BCUT2D eigenvalue weighted by Crippen LogP contribution is -2.39. The Labute approximate surface area is 135 Å². The van der Waals surface area contributed by atoms with Crippen LogP contribution < -0.4 is 5.32 Å². The fourth-order valence-electron chi connectivity index (χ4n) is 3.22. The van der Waals surface area contributed by atoms with Crippen molar-refractivity contribution < 1.29 is 0 Å². The van der Waals surface area contributed by atoms with Gasteiger partial charge >= 0.3 is 0 Å². The molecule has 0 aliphatic heterocycles. The second kappa shape index (κ2) is 8.85. The van der Waals surface area contributed by atoms with Gasteiger partial charge in [-0.1, -0.05) is 32.3 Å². The van der Waals surface area contributed by atoms with Gasteiger partial charge in [0.1, 0.15) is 0 Å². The fourth-order valence-corrected chi connectivity index (χ4v) is 4.40. The van der Waals surface area contributed by atoms with Crippen molar-refractivity contribution in [3.05, 3.63) is 29.3 Å². The van der Waals surface area contributed by atoms with E-state index in [0.29, 0.717) is 6.04 Å². The third kappa shape index (κ3) is 5.34. The molecule has 0 spiro atoms. The quantitative estimate of drug-likeness (QED) is 0.682. The van der Waals surface area contributed by atoms with Crippen molar-refractivity contribution in [2.45, 2.75) is 70.2 Å². The largest absolute Gasteiger partial charge is 0.313 e. The van der Waals surface area contributed by atoms with Crippen molar-refractivity contribution >= 4 is 11.8 Å². The maximum Gasteiger partial charge on any atom is 0.0189 e. The molecule has 2 heteroatoms. The van der Waals surface area contributed by atoms with Crippen molar-refractivity contribution in [3.63, 3.8) is 0 Å². The number of rotatable bonds is 7. The van der Waals surface area contributed by atoms with Crippen LogP contribution in [0, 0.1) is 19.8 Å². The molecular weight excluding hydrogens is 274 g/mol. The molecule has 118 valence electrons. The summed E-state index contributed by atoms with van der Waals surface area (Å²) in [5, 5.41) is 3.81. The molecule has 1 aliphatic rings. The first-order valence-corrected chi connectivity index (χ1v) is 9.62. The van der Waals surface area contributed by atoms with Crippen LogP contribution >= 0.6 is 11.8 Å². The molecular formula is C19H31NS. The summed E-state index contributed by atoms with van der Waals surface area (Å²) >= 11 is 2.03. The topological polar surface area (TPSA) is 12.0 Å². The van der Waals surface area contributed by atoms with Gasteiger partial charge in [0.15, 0.2) is 0 Å². The molecule has 0 radical (unpaired) electrons. The summed E-state index contributed by atoms with van der Waals surface area (Å²) < 4.78 is 0. The predicted molar refractivity (Wildman–Crippen MR) is 95.3 cm³/mol. The molecule has 1 aromatic rings. The maximum atomic E-state index is 3.81. The third-order valence-corrected chi connectivity index (χ3v) is 5.90. The van der Waals surface area contributed by atoms with E-state index in [4.69, 9.17) is 0 Å². The van der Waals surface area contributed by atoms with Crippen molar-refractivity contribution in [2.75, 3.05) is 12.3 Å². The molecule has 0 amide bonds. The van der Waals surface area contributed by atoms with E-state index in [1.54, 1.807) is 0 Å². The van der Waals surface area contributed by atoms with E-state index in [9.17, 15) is 0 Å². The fraction of sp³-hybridized carbons (Fsp3) is 0.684. The Balaban J connectivity index is 1.92. The van der Waals surface area contributed by atoms with Crippen LogP contribution in [0.3, 0.4) is 0 Å². The highest BCUT2D eigenvalue weighted by molar-refractivity contribution is 7.99. The van der Waals surface area contributed by atoms with E-state index in [0.717, 1.165) is 12.5 Å². The van der Waals surface area contributed by atoms with Gasteiger partial charge in [-0.15, -0.1) is 11.8 Å². The molecule has 1 fully saturated rings. The van der Waals surface area contributed by atoms with Crippen molar-refractivity contribution in [1.29, 1.82) is 0 Å². The van der Waals surface area contributed by atoms with E-state index in [1.807, 2.05) is 11.8 Å². The summed E-state index contributed by atoms with van der Waals surface area (Å²) in [6, 6.07) is 7.58. The monoisotopic (exact) mass is 305 g/mol. The van der Waals surface area contributed by atoms with Gasteiger partial charge in [-0.3, -0.25) is 0 Å². The number of nitrogens with one attached hydrogen (secondary N) is 1. The second-order valence-electron chi connectivity index (χ2n) is 6.52. The molecule has 1 unspecified atom stereocenters. The molecule has 1 nitrogen and oxygen atoms in total. The smallest absolute Gasteiger partial charge is 0.0189 e. The number of hydrogen-bond acceptors (Lipinski definition) is 2. The molecule has 2 rings (SSSR count). The molecule has 1 N–H and O–H groups in total.